The standard InChI is InChI=1S/C29H41N3O3/c1-5-7-8-9-13-23-14-12-20-32(21-19-23)27(33)18-17-25-24(6-2)31-29(22(3)4)26(30-25)15-10-11-16-28(34)35/h5-9,13,17,22-23H,1,10-12,14-16,18-21H2,2-4H3,(H,34,35)/b8-7-,13-9+,24-6+,25-17+. The van der Waals surface area contributed by atoms with E-state index in [4.69, 9.17) is 15.1 Å². The highest BCUT2D eigenvalue weighted by atomic mass is 16.4. The highest BCUT2D eigenvalue weighted by molar-refractivity contribution is 5.81. The second-order valence-corrected chi connectivity index (χ2v) is 9.36. The molecule has 0 aliphatic carbocycles. The first-order chi connectivity index (χ1) is 16.8. The summed E-state index contributed by atoms with van der Waals surface area (Å²) in [6, 6.07) is 0. The number of hydrogen-bond acceptors (Lipinski definition) is 4. The average molecular weight is 480 g/mol. The molecule has 1 amide bonds. The molecular weight excluding hydrogens is 438 g/mol. The quantitative estimate of drug-likeness (QED) is 0.378. The third-order valence-corrected chi connectivity index (χ3v) is 6.27. The first-order valence-corrected chi connectivity index (χ1v) is 12.8. The molecule has 190 valence electrons. The number of aliphatic carboxylic acids is 1. The van der Waals surface area contributed by atoms with E-state index in [1.54, 1.807) is 6.08 Å². The number of likely N-dealkylation sites (tertiary alicyclic amines) is 1. The van der Waals surface area contributed by atoms with Crippen LogP contribution >= 0.6 is 0 Å². The lowest BCUT2D eigenvalue weighted by molar-refractivity contribution is -0.137. The largest absolute Gasteiger partial charge is 0.481 e. The Labute approximate surface area is 209 Å². The molecule has 1 saturated heterocycles. The Bertz CT molecular complexity index is 1040. The first kappa shape index (κ1) is 28.2. The van der Waals surface area contributed by atoms with Crippen molar-refractivity contribution in [1.29, 1.82) is 0 Å². The summed E-state index contributed by atoms with van der Waals surface area (Å²) >= 11 is 0. The minimum atomic E-state index is -0.774. The van der Waals surface area contributed by atoms with Gasteiger partial charge >= 0.3 is 5.97 Å². The van der Waals surface area contributed by atoms with Gasteiger partial charge in [-0.2, -0.15) is 0 Å². The van der Waals surface area contributed by atoms with E-state index in [1.807, 2.05) is 36.1 Å². The van der Waals surface area contributed by atoms with Gasteiger partial charge in [0.05, 0.1) is 22.1 Å². The van der Waals surface area contributed by atoms with Gasteiger partial charge in [-0.05, 0) is 63.4 Å². The molecule has 6 nitrogen and oxygen atoms in total. The molecule has 1 aliphatic heterocycles. The second kappa shape index (κ2) is 15.1. The Kier molecular flexibility index (Phi) is 12.2. The Hall–Kier alpha value is -3.02. The predicted molar refractivity (Wildman–Crippen MR) is 142 cm³/mol. The Morgan fingerprint density at radius 2 is 1.91 bits per heavy atom. The van der Waals surface area contributed by atoms with Crippen LogP contribution in [0.1, 0.15) is 83.0 Å². The van der Waals surface area contributed by atoms with Crippen LogP contribution in [0.15, 0.2) is 37.0 Å². The number of aryl methyl sites for hydroxylation is 1. The fraction of sp³-hybridized carbons (Fsp3) is 0.517. The van der Waals surface area contributed by atoms with Gasteiger partial charge in [0, 0.05) is 25.9 Å². The van der Waals surface area contributed by atoms with Gasteiger partial charge in [-0.3, -0.25) is 9.59 Å². The fourth-order valence-corrected chi connectivity index (χ4v) is 4.33. The number of carboxylic acid groups (broad SMARTS) is 1. The number of carbonyl (C=O) groups excluding carboxylic acids is 1. The third-order valence-electron chi connectivity index (χ3n) is 6.27. The number of amides is 1. The van der Waals surface area contributed by atoms with Crippen molar-refractivity contribution in [1.82, 2.24) is 14.9 Å². The summed E-state index contributed by atoms with van der Waals surface area (Å²) in [7, 11) is 0. The van der Waals surface area contributed by atoms with E-state index in [0.717, 1.165) is 60.9 Å². The molecule has 0 spiro atoms. The van der Waals surface area contributed by atoms with Crippen LogP contribution in [0, 0.1) is 5.92 Å². The van der Waals surface area contributed by atoms with E-state index in [9.17, 15) is 9.59 Å². The summed E-state index contributed by atoms with van der Waals surface area (Å²) in [6.45, 7) is 11.4. The summed E-state index contributed by atoms with van der Waals surface area (Å²) in [5, 5.41) is 10.4. The number of carbonyl (C=O) groups is 2. The number of aromatic nitrogens is 2. The lowest BCUT2D eigenvalue weighted by atomic mass is 10.0. The van der Waals surface area contributed by atoms with Crippen molar-refractivity contribution in [3.05, 3.63) is 59.0 Å². The zero-order chi connectivity index (χ0) is 25.6. The number of rotatable bonds is 11. The number of nitrogens with zero attached hydrogens (tertiary/aromatic N) is 3. The first-order valence-electron chi connectivity index (χ1n) is 12.8. The summed E-state index contributed by atoms with van der Waals surface area (Å²) < 4.78 is 0. The van der Waals surface area contributed by atoms with Gasteiger partial charge in [0.25, 0.3) is 0 Å². The van der Waals surface area contributed by atoms with E-state index < -0.39 is 5.97 Å². The maximum absolute atomic E-state index is 13.0. The lowest BCUT2D eigenvalue weighted by Crippen LogP contribution is -2.36. The molecule has 1 unspecified atom stereocenters. The molecule has 0 saturated carbocycles. The summed E-state index contributed by atoms with van der Waals surface area (Å²) in [5.41, 5.74) is 1.86. The molecule has 6 heteroatoms. The fourth-order valence-electron chi connectivity index (χ4n) is 4.33. The van der Waals surface area contributed by atoms with Crippen LogP contribution < -0.4 is 10.7 Å². The molecule has 0 aromatic carbocycles. The van der Waals surface area contributed by atoms with Crippen molar-refractivity contribution in [2.45, 2.75) is 78.1 Å². The van der Waals surface area contributed by atoms with Gasteiger partial charge in [0.2, 0.25) is 5.91 Å². The van der Waals surface area contributed by atoms with E-state index >= 15 is 0 Å². The molecule has 0 radical (unpaired) electrons. The topological polar surface area (TPSA) is 83.4 Å². The highest BCUT2D eigenvalue weighted by Crippen LogP contribution is 2.19. The van der Waals surface area contributed by atoms with Gasteiger partial charge in [0.1, 0.15) is 0 Å². The average Bonchev–Trinajstić information content (AvgIpc) is 3.08. The van der Waals surface area contributed by atoms with Crippen LogP contribution in [0.2, 0.25) is 0 Å². The van der Waals surface area contributed by atoms with Crippen molar-refractivity contribution >= 4 is 24.0 Å². The number of allylic oxidation sites excluding steroid dienone is 5. The molecule has 0 bridgehead atoms. The smallest absolute Gasteiger partial charge is 0.303 e. The van der Waals surface area contributed by atoms with Crippen molar-refractivity contribution < 1.29 is 14.7 Å². The van der Waals surface area contributed by atoms with Crippen LogP contribution in [0.3, 0.4) is 0 Å². The van der Waals surface area contributed by atoms with Gasteiger partial charge in [-0.25, -0.2) is 9.97 Å². The minimum absolute atomic E-state index is 0.126. The monoisotopic (exact) mass is 479 g/mol. The van der Waals surface area contributed by atoms with E-state index in [-0.39, 0.29) is 18.2 Å². The van der Waals surface area contributed by atoms with Gasteiger partial charge in [-0.1, -0.05) is 56.9 Å². The van der Waals surface area contributed by atoms with Crippen molar-refractivity contribution in [2.75, 3.05) is 13.1 Å². The Morgan fingerprint density at radius 3 is 2.60 bits per heavy atom. The predicted octanol–water partition coefficient (Wildman–Crippen LogP) is 4.30. The highest BCUT2D eigenvalue weighted by Gasteiger charge is 2.19. The van der Waals surface area contributed by atoms with Crippen LogP contribution in [0.4, 0.5) is 0 Å². The molecule has 1 fully saturated rings. The van der Waals surface area contributed by atoms with Gasteiger partial charge < -0.3 is 10.0 Å². The molecule has 1 aliphatic rings. The van der Waals surface area contributed by atoms with E-state index in [1.165, 1.54) is 0 Å². The molecule has 35 heavy (non-hydrogen) atoms. The molecule has 1 N–H and O–H groups in total. The molecule has 2 heterocycles. The summed E-state index contributed by atoms with van der Waals surface area (Å²) in [4.78, 5) is 35.5. The van der Waals surface area contributed by atoms with Gasteiger partial charge in [0.15, 0.2) is 0 Å². The third kappa shape index (κ3) is 9.63. The normalized spacial score (nSPS) is 18.1. The zero-order valence-corrected chi connectivity index (χ0v) is 21.6. The number of unbranched alkanes of at least 4 members (excludes halogenated alkanes) is 1. The zero-order valence-electron chi connectivity index (χ0n) is 21.6. The van der Waals surface area contributed by atoms with Crippen molar-refractivity contribution in [3.63, 3.8) is 0 Å². The minimum Gasteiger partial charge on any atom is -0.481 e. The Balaban J connectivity index is 2.12. The van der Waals surface area contributed by atoms with Crippen LogP contribution in [0.25, 0.3) is 12.2 Å². The maximum atomic E-state index is 13.0. The number of hydrogen-bond donors (Lipinski definition) is 1. The molecule has 1 aromatic heterocycles. The van der Waals surface area contributed by atoms with E-state index in [0.29, 0.717) is 25.2 Å². The van der Waals surface area contributed by atoms with Gasteiger partial charge in [-0.15, -0.1) is 0 Å². The Morgan fingerprint density at radius 1 is 1.11 bits per heavy atom. The SMILES string of the molecule is C=C/C=C\C=C\C1CCCN(C(=O)C/C=c2/nc(CCCCC(=O)O)c(C(C)C)n/c2=C/C)CC1. The van der Waals surface area contributed by atoms with Crippen LogP contribution in [0.5, 0.6) is 0 Å². The van der Waals surface area contributed by atoms with Crippen molar-refractivity contribution in [3.8, 4) is 0 Å². The molecule has 1 atom stereocenters. The second-order valence-electron chi connectivity index (χ2n) is 9.36. The lowest BCUT2D eigenvalue weighted by Gasteiger charge is -2.19. The van der Waals surface area contributed by atoms with Crippen LogP contribution in [-0.4, -0.2) is 44.9 Å². The summed E-state index contributed by atoms with van der Waals surface area (Å²) in [5.74, 6) is 0.0633. The van der Waals surface area contributed by atoms with Crippen molar-refractivity contribution in [2.24, 2.45) is 5.92 Å². The van der Waals surface area contributed by atoms with E-state index in [2.05, 4.69) is 32.6 Å². The maximum Gasteiger partial charge on any atom is 0.303 e. The number of carboxylic acids is 1. The molecular formula is C29H41N3O3. The molecule has 1 aromatic rings. The van der Waals surface area contributed by atoms with Crippen LogP contribution in [-0.2, 0) is 16.0 Å². The molecule has 2 rings (SSSR count). The summed E-state index contributed by atoms with van der Waals surface area (Å²) in [6.07, 6.45) is 19.4.